The molecule has 1 aromatic carbocycles. The standard InChI is InChI=1S/C8H6ClN3O4S/c9-5-2-6-4(1-7(5)17(10,15)16)8(13)12(14)3-11-6/h1-3,14H,(H2,10,15,16). The van der Waals surface area contributed by atoms with E-state index >= 15 is 0 Å². The third-order valence-electron chi connectivity index (χ3n) is 2.10. The van der Waals surface area contributed by atoms with Crippen LogP contribution in [-0.4, -0.2) is 23.3 Å². The van der Waals surface area contributed by atoms with E-state index in [1.165, 1.54) is 6.07 Å². The van der Waals surface area contributed by atoms with Gasteiger partial charge in [-0.1, -0.05) is 11.6 Å². The summed E-state index contributed by atoms with van der Waals surface area (Å²) >= 11 is 5.71. The first kappa shape index (κ1) is 11.8. The molecule has 3 N–H and O–H groups in total. The lowest BCUT2D eigenvalue weighted by Crippen LogP contribution is -2.19. The molecule has 0 saturated carbocycles. The molecule has 0 bridgehead atoms. The minimum absolute atomic E-state index is 0.0941. The van der Waals surface area contributed by atoms with Gasteiger partial charge in [-0.15, -0.1) is 4.73 Å². The quantitative estimate of drug-likeness (QED) is 0.707. The van der Waals surface area contributed by atoms with E-state index in [-0.39, 0.29) is 20.7 Å². The molecule has 0 spiro atoms. The summed E-state index contributed by atoms with van der Waals surface area (Å²) in [6.07, 6.45) is 0.887. The lowest BCUT2D eigenvalue weighted by Gasteiger charge is -2.04. The van der Waals surface area contributed by atoms with Gasteiger partial charge in [-0.3, -0.25) is 4.79 Å². The van der Waals surface area contributed by atoms with E-state index in [2.05, 4.69) is 4.98 Å². The van der Waals surface area contributed by atoms with Crippen molar-refractivity contribution in [3.63, 3.8) is 0 Å². The lowest BCUT2D eigenvalue weighted by molar-refractivity contribution is 0.173. The zero-order valence-corrected chi connectivity index (χ0v) is 9.73. The number of primary sulfonamides is 1. The molecule has 0 aliphatic carbocycles. The Labute approximate surface area is 100 Å². The predicted octanol–water partition coefficient (Wildman–Crippen LogP) is -0.0654. The number of benzene rings is 1. The molecule has 0 aliphatic rings. The Morgan fingerprint density at radius 2 is 2.06 bits per heavy atom. The van der Waals surface area contributed by atoms with Gasteiger partial charge in [0, 0.05) is 0 Å². The van der Waals surface area contributed by atoms with Crippen LogP contribution in [0.2, 0.25) is 5.02 Å². The van der Waals surface area contributed by atoms with Gasteiger partial charge in [0.25, 0.3) is 5.56 Å². The molecule has 0 radical (unpaired) electrons. The highest BCUT2D eigenvalue weighted by atomic mass is 35.5. The molecule has 90 valence electrons. The van der Waals surface area contributed by atoms with Crippen molar-refractivity contribution in [1.82, 2.24) is 9.71 Å². The van der Waals surface area contributed by atoms with E-state index in [0.717, 1.165) is 12.4 Å². The summed E-state index contributed by atoms with van der Waals surface area (Å²) in [6.45, 7) is 0. The Kier molecular flexibility index (Phi) is 2.57. The first-order chi connectivity index (χ1) is 7.80. The highest BCUT2D eigenvalue weighted by Crippen LogP contribution is 2.23. The van der Waals surface area contributed by atoms with Gasteiger partial charge in [-0.05, 0) is 12.1 Å². The van der Waals surface area contributed by atoms with E-state index in [0.29, 0.717) is 0 Å². The summed E-state index contributed by atoms with van der Waals surface area (Å²) < 4.78 is 22.6. The van der Waals surface area contributed by atoms with E-state index in [4.69, 9.17) is 21.9 Å². The second-order valence-corrected chi connectivity index (χ2v) is 5.18. The van der Waals surface area contributed by atoms with Crippen LogP contribution in [0.1, 0.15) is 0 Å². The molecule has 2 aromatic rings. The number of hydrogen-bond acceptors (Lipinski definition) is 5. The Morgan fingerprint density at radius 1 is 1.41 bits per heavy atom. The first-order valence-electron chi connectivity index (χ1n) is 4.23. The maximum Gasteiger partial charge on any atom is 0.293 e. The van der Waals surface area contributed by atoms with Crippen molar-refractivity contribution in [3.05, 3.63) is 33.8 Å². The zero-order chi connectivity index (χ0) is 12.8. The van der Waals surface area contributed by atoms with Crippen LogP contribution >= 0.6 is 11.6 Å². The van der Waals surface area contributed by atoms with Crippen molar-refractivity contribution < 1.29 is 13.6 Å². The van der Waals surface area contributed by atoms with Gasteiger partial charge in [-0.2, -0.15) is 0 Å². The van der Waals surface area contributed by atoms with Crippen LogP contribution in [0.5, 0.6) is 0 Å². The maximum atomic E-state index is 11.5. The molecular weight excluding hydrogens is 270 g/mol. The van der Waals surface area contributed by atoms with E-state index in [1.807, 2.05) is 0 Å². The molecule has 0 saturated heterocycles. The summed E-state index contributed by atoms with van der Waals surface area (Å²) in [5.41, 5.74) is -0.644. The van der Waals surface area contributed by atoms with Crippen LogP contribution in [0.15, 0.2) is 28.2 Å². The molecular formula is C8H6ClN3O4S. The van der Waals surface area contributed by atoms with Gasteiger partial charge in [0.05, 0.1) is 15.9 Å². The lowest BCUT2D eigenvalue weighted by atomic mass is 10.2. The van der Waals surface area contributed by atoms with Crippen LogP contribution in [0.25, 0.3) is 10.9 Å². The minimum Gasteiger partial charge on any atom is -0.424 e. The van der Waals surface area contributed by atoms with Gasteiger partial charge in [0.2, 0.25) is 10.0 Å². The summed E-state index contributed by atoms with van der Waals surface area (Å²) in [4.78, 5) is 14.8. The summed E-state index contributed by atoms with van der Waals surface area (Å²) in [6, 6.07) is 2.17. The Morgan fingerprint density at radius 3 is 2.65 bits per heavy atom. The maximum absolute atomic E-state index is 11.5. The average Bonchev–Trinajstić information content (AvgIpc) is 2.21. The Bertz CT molecular complexity index is 768. The monoisotopic (exact) mass is 275 g/mol. The third-order valence-corrected chi connectivity index (χ3v) is 3.48. The highest BCUT2D eigenvalue weighted by molar-refractivity contribution is 7.89. The number of nitrogens with two attached hydrogens (primary N) is 1. The fourth-order valence-corrected chi connectivity index (χ4v) is 2.43. The molecule has 0 unspecified atom stereocenters. The van der Waals surface area contributed by atoms with Crippen LogP contribution in [-0.2, 0) is 10.0 Å². The van der Waals surface area contributed by atoms with Gasteiger partial charge < -0.3 is 5.21 Å². The van der Waals surface area contributed by atoms with Crippen LogP contribution < -0.4 is 10.7 Å². The number of nitrogens with zero attached hydrogens (tertiary/aromatic N) is 2. The molecule has 0 aliphatic heterocycles. The number of halogens is 1. The number of sulfonamides is 1. The fraction of sp³-hybridized carbons (Fsp3) is 0. The normalized spacial score (nSPS) is 11.9. The molecule has 0 atom stereocenters. The summed E-state index contributed by atoms with van der Waals surface area (Å²) in [5.74, 6) is 0. The average molecular weight is 276 g/mol. The number of hydrogen-bond donors (Lipinski definition) is 2. The van der Waals surface area contributed by atoms with Crippen molar-refractivity contribution in [2.24, 2.45) is 5.14 Å². The fourth-order valence-electron chi connectivity index (χ4n) is 1.33. The highest BCUT2D eigenvalue weighted by Gasteiger charge is 2.16. The second-order valence-electron chi connectivity index (χ2n) is 3.24. The van der Waals surface area contributed by atoms with Gasteiger partial charge in [0.1, 0.15) is 11.2 Å². The van der Waals surface area contributed by atoms with Crippen LogP contribution in [0, 0.1) is 0 Å². The van der Waals surface area contributed by atoms with Crippen molar-refractivity contribution in [2.75, 3.05) is 0 Å². The summed E-state index contributed by atoms with van der Waals surface area (Å²) in [7, 11) is -4.04. The summed E-state index contributed by atoms with van der Waals surface area (Å²) in [5, 5.41) is 13.8. The smallest absolute Gasteiger partial charge is 0.293 e. The molecule has 1 aromatic heterocycles. The van der Waals surface area contributed by atoms with E-state index < -0.39 is 20.5 Å². The number of fused-ring (bicyclic) bond motifs is 1. The molecule has 1 heterocycles. The SMILES string of the molecule is NS(=O)(=O)c1cc2c(=O)n(O)cnc2cc1Cl. The topological polar surface area (TPSA) is 115 Å². The van der Waals surface area contributed by atoms with Gasteiger partial charge >= 0.3 is 0 Å². The number of rotatable bonds is 1. The van der Waals surface area contributed by atoms with Crippen LogP contribution in [0.3, 0.4) is 0 Å². The van der Waals surface area contributed by atoms with Crippen molar-refractivity contribution in [3.8, 4) is 0 Å². The predicted molar refractivity (Wildman–Crippen MR) is 59.6 cm³/mol. The molecule has 0 fully saturated rings. The molecule has 9 heteroatoms. The van der Waals surface area contributed by atoms with Crippen LogP contribution in [0.4, 0.5) is 0 Å². The minimum atomic E-state index is -4.04. The molecule has 17 heavy (non-hydrogen) atoms. The molecule has 7 nitrogen and oxygen atoms in total. The van der Waals surface area contributed by atoms with Crippen molar-refractivity contribution in [2.45, 2.75) is 4.90 Å². The van der Waals surface area contributed by atoms with Crippen molar-refractivity contribution in [1.29, 1.82) is 0 Å². The van der Waals surface area contributed by atoms with Gasteiger partial charge in [0.15, 0.2) is 0 Å². The second kappa shape index (κ2) is 3.69. The van der Waals surface area contributed by atoms with Gasteiger partial charge in [-0.25, -0.2) is 18.5 Å². The number of aromatic nitrogens is 2. The zero-order valence-electron chi connectivity index (χ0n) is 8.16. The Hall–Kier alpha value is -1.64. The third kappa shape index (κ3) is 1.97. The molecule has 0 amide bonds. The molecule has 2 rings (SSSR count). The van der Waals surface area contributed by atoms with E-state index in [1.54, 1.807) is 0 Å². The van der Waals surface area contributed by atoms with Crippen molar-refractivity contribution >= 4 is 32.5 Å². The first-order valence-corrected chi connectivity index (χ1v) is 6.16. The van der Waals surface area contributed by atoms with E-state index in [9.17, 15) is 13.2 Å². The Balaban J connectivity index is 2.98. The largest absolute Gasteiger partial charge is 0.424 e.